The molecule has 0 amide bonds. The highest BCUT2D eigenvalue weighted by molar-refractivity contribution is 5.82. The normalized spacial score (nSPS) is 15.5. The molecule has 1 heterocycles. The molecule has 0 bridgehead atoms. The second-order valence-electron chi connectivity index (χ2n) is 6.68. The van der Waals surface area contributed by atoms with Gasteiger partial charge in [0.05, 0.1) is 6.54 Å². The maximum absolute atomic E-state index is 6.12. The summed E-state index contributed by atoms with van der Waals surface area (Å²) in [4.78, 5) is 2.40. The molecule has 0 aliphatic heterocycles. The molecule has 2 aromatic rings. The largest absolute Gasteiger partial charge is 0.459 e. The lowest BCUT2D eigenvalue weighted by atomic mass is 10.1. The Morgan fingerprint density at radius 1 is 1.29 bits per heavy atom. The topological polar surface area (TPSA) is 28.4 Å². The van der Waals surface area contributed by atoms with Crippen LogP contribution in [0.25, 0.3) is 11.0 Å². The molecule has 1 N–H and O–H groups in total. The Morgan fingerprint density at radius 3 is 2.76 bits per heavy atom. The van der Waals surface area contributed by atoms with Crippen molar-refractivity contribution in [2.24, 2.45) is 5.92 Å². The van der Waals surface area contributed by atoms with E-state index in [-0.39, 0.29) is 0 Å². The summed E-state index contributed by atoms with van der Waals surface area (Å²) < 4.78 is 6.12. The quantitative estimate of drug-likeness (QED) is 0.840. The van der Waals surface area contributed by atoms with E-state index in [1.165, 1.54) is 30.3 Å². The predicted octanol–water partition coefficient (Wildman–Crippen LogP) is 3.77. The van der Waals surface area contributed by atoms with Crippen LogP contribution in [0.2, 0.25) is 0 Å². The Balaban J connectivity index is 1.82. The number of nitrogens with one attached hydrogen (secondary N) is 1. The summed E-state index contributed by atoms with van der Waals surface area (Å²) in [5.41, 5.74) is 2.33. The summed E-state index contributed by atoms with van der Waals surface area (Å²) >= 11 is 0. The summed E-state index contributed by atoms with van der Waals surface area (Å²) in [7, 11) is 2.20. The van der Waals surface area contributed by atoms with Crippen LogP contribution < -0.4 is 5.32 Å². The van der Waals surface area contributed by atoms with Crippen molar-refractivity contribution in [3.63, 3.8) is 0 Å². The van der Waals surface area contributed by atoms with Gasteiger partial charge in [0.15, 0.2) is 0 Å². The maximum atomic E-state index is 6.12. The zero-order chi connectivity index (χ0) is 14.8. The molecule has 21 heavy (non-hydrogen) atoms. The summed E-state index contributed by atoms with van der Waals surface area (Å²) in [6.07, 6.45) is 2.79. The third kappa shape index (κ3) is 3.66. The molecular formula is C18H26N2O. The molecule has 3 rings (SSSR count). The van der Waals surface area contributed by atoms with E-state index in [4.69, 9.17) is 4.42 Å². The van der Waals surface area contributed by atoms with Gasteiger partial charge in [-0.1, -0.05) is 32.0 Å². The molecule has 3 nitrogen and oxygen atoms in total. The van der Waals surface area contributed by atoms with E-state index in [1.54, 1.807) is 0 Å². The van der Waals surface area contributed by atoms with Crippen LogP contribution in [0.4, 0.5) is 0 Å². The first kappa shape index (κ1) is 14.6. The van der Waals surface area contributed by atoms with Crippen molar-refractivity contribution in [2.75, 3.05) is 13.6 Å². The van der Waals surface area contributed by atoms with Gasteiger partial charge in [0, 0.05) is 30.1 Å². The van der Waals surface area contributed by atoms with Crippen molar-refractivity contribution in [2.45, 2.75) is 45.8 Å². The molecule has 1 aromatic carbocycles. The lowest BCUT2D eigenvalue weighted by Crippen LogP contribution is -2.24. The van der Waals surface area contributed by atoms with Crippen molar-refractivity contribution < 1.29 is 4.42 Å². The average Bonchev–Trinajstić information content (AvgIpc) is 3.17. The molecule has 1 aromatic heterocycles. The summed E-state index contributed by atoms with van der Waals surface area (Å²) in [5.74, 6) is 2.03. The van der Waals surface area contributed by atoms with Crippen LogP contribution in [-0.2, 0) is 13.1 Å². The van der Waals surface area contributed by atoms with Gasteiger partial charge in [0.1, 0.15) is 11.3 Å². The number of para-hydroxylation sites is 1. The fourth-order valence-electron chi connectivity index (χ4n) is 2.83. The van der Waals surface area contributed by atoms with Crippen molar-refractivity contribution in [3.8, 4) is 0 Å². The van der Waals surface area contributed by atoms with E-state index < -0.39 is 0 Å². The Bertz CT molecular complexity index is 598. The summed E-state index contributed by atoms with van der Waals surface area (Å²) in [5, 5.41) is 4.78. The van der Waals surface area contributed by atoms with Crippen molar-refractivity contribution in [1.29, 1.82) is 0 Å². The van der Waals surface area contributed by atoms with Gasteiger partial charge in [-0.3, -0.25) is 4.90 Å². The fraction of sp³-hybridized carbons (Fsp3) is 0.556. The van der Waals surface area contributed by atoms with Gasteiger partial charge in [0.25, 0.3) is 0 Å². The van der Waals surface area contributed by atoms with Crippen molar-refractivity contribution >= 4 is 11.0 Å². The molecule has 0 atom stereocenters. The molecule has 1 saturated carbocycles. The highest BCUT2D eigenvalue weighted by atomic mass is 16.3. The molecule has 3 heteroatoms. The van der Waals surface area contributed by atoms with E-state index >= 15 is 0 Å². The average molecular weight is 286 g/mol. The van der Waals surface area contributed by atoms with Gasteiger partial charge < -0.3 is 9.73 Å². The number of furan rings is 1. The third-order valence-corrected chi connectivity index (χ3v) is 4.15. The maximum Gasteiger partial charge on any atom is 0.134 e. The first-order valence-electron chi connectivity index (χ1n) is 8.04. The van der Waals surface area contributed by atoms with Crippen LogP contribution in [0, 0.1) is 5.92 Å². The van der Waals surface area contributed by atoms with Crippen LogP contribution in [0.5, 0.6) is 0 Å². The van der Waals surface area contributed by atoms with E-state index in [2.05, 4.69) is 49.3 Å². The first-order chi connectivity index (χ1) is 10.1. The lowest BCUT2D eigenvalue weighted by molar-refractivity contribution is 0.286. The number of nitrogens with zero attached hydrogens (tertiary/aromatic N) is 1. The Labute approximate surface area is 127 Å². The molecule has 114 valence electrons. The Hall–Kier alpha value is -1.32. The van der Waals surface area contributed by atoms with Crippen LogP contribution in [0.15, 0.2) is 28.7 Å². The molecule has 0 spiro atoms. The number of fused-ring (bicyclic) bond motifs is 1. The predicted molar refractivity (Wildman–Crippen MR) is 87.2 cm³/mol. The van der Waals surface area contributed by atoms with Gasteiger partial charge in [-0.25, -0.2) is 0 Å². The van der Waals surface area contributed by atoms with Crippen molar-refractivity contribution in [3.05, 3.63) is 35.6 Å². The molecule has 1 aliphatic carbocycles. The van der Waals surface area contributed by atoms with Gasteiger partial charge >= 0.3 is 0 Å². The van der Waals surface area contributed by atoms with Crippen molar-refractivity contribution in [1.82, 2.24) is 10.2 Å². The Morgan fingerprint density at radius 2 is 2.05 bits per heavy atom. The lowest BCUT2D eigenvalue weighted by Gasteiger charge is -2.16. The standard InChI is InChI=1S/C18H26N2O/c1-13(2)19-10-16-15-6-4-5-7-17(15)21-18(16)12-20(3)11-14-8-9-14/h4-7,13-14,19H,8-12H2,1-3H3. The zero-order valence-electron chi connectivity index (χ0n) is 13.4. The van der Waals surface area contributed by atoms with Gasteiger partial charge in [-0.2, -0.15) is 0 Å². The molecular weight excluding hydrogens is 260 g/mol. The molecule has 1 fully saturated rings. The molecule has 0 saturated heterocycles. The number of hydrogen-bond donors (Lipinski definition) is 1. The number of benzene rings is 1. The third-order valence-electron chi connectivity index (χ3n) is 4.15. The smallest absolute Gasteiger partial charge is 0.134 e. The summed E-state index contributed by atoms with van der Waals surface area (Å²) in [6.45, 7) is 7.33. The highest BCUT2D eigenvalue weighted by Gasteiger charge is 2.24. The van der Waals surface area contributed by atoms with Gasteiger partial charge in [-0.15, -0.1) is 0 Å². The number of rotatable bonds is 7. The van der Waals surface area contributed by atoms with Gasteiger partial charge in [-0.05, 0) is 31.9 Å². The van der Waals surface area contributed by atoms with Crippen LogP contribution >= 0.6 is 0 Å². The van der Waals surface area contributed by atoms with Gasteiger partial charge in [0.2, 0.25) is 0 Å². The van der Waals surface area contributed by atoms with E-state index in [9.17, 15) is 0 Å². The molecule has 1 aliphatic rings. The minimum absolute atomic E-state index is 0.482. The molecule has 0 unspecified atom stereocenters. The minimum atomic E-state index is 0.482. The second-order valence-corrected chi connectivity index (χ2v) is 6.68. The highest BCUT2D eigenvalue weighted by Crippen LogP contribution is 2.31. The zero-order valence-corrected chi connectivity index (χ0v) is 13.4. The SMILES string of the molecule is CC(C)NCc1c(CN(C)CC2CC2)oc2ccccc12. The van der Waals surface area contributed by atoms with E-state index in [1.807, 2.05) is 6.07 Å². The van der Waals surface area contributed by atoms with Crippen LogP contribution in [0.3, 0.4) is 0 Å². The summed E-state index contributed by atoms with van der Waals surface area (Å²) in [6, 6.07) is 8.85. The first-order valence-corrected chi connectivity index (χ1v) is 8.04. The molecule has 0 radical (unpaired) electrons. The second kappa shape index (κ2) is 6.20. The fourth-order valence-corrected chi connectivity index (χ4v) is 2.83. The van der Waals surface area contributed by atoms with E-state index in [0.29, 0.717) is 6.04 Å². The number of hydrogen-bond acceptors (Lipinski definition) is 3. The van der Waals surface area contributed by atoms with Crippen LogP contribution in [-0.4, -0.2) is 24.5 Å². The van der Waals surface area contributed by atoms with E-state index in [0.717, 1.165) is 30.4 Å². The minimum Gasteiger partial charge on any atom is -0.459 e. The monoisotopic (exact) mass is 286 g/mol. The Kier molecular flexibility index (Phi) is 4.32. The van der Waals surface area contributed by atoms with Crippen LogP contribution in [0.1, 0.15) is 38.0 Å².